The number of aliphatic imine (C=N–C) groups is 1. The SMILES string of the molecule is CCc1nnc(C2=C(C)N=C(C)C(C(=O)OCCOC)C2c2cccc([N+](=O)[O-])c2)o1. The molecule has 0 bridgehead atoms. The third-order valence-electron chi connectivity index (χ3n) is 5.05. The molecule has 10 nitrogen and oxygen atoms in total. The average molecular weight is 428 g/mol. The first-order chi connectivity index (χ1) is 14.9. The van der Waals surface area contributed by atoms with E-state index in [0.29, 0.717) is 34.9 Å². The number of methoxy groups -OCH3 is 1. The van der Waals surface area contributed by atoms with Crippen LogP contribution in [-0.2, 0) is 20.7 Å². The van der Waals surface area contributed by atoms with Gasteiger partial charge in [0, 0.05) is 48.6 Å². The number of hydrogen-bond donors (Lipinski definition) is 0. The molecule has 0 amide bonds. The van der Waals surface area contributed by atoms with Gasteiger partial charge in [-0.15, -0.1) is 10.2 Å². The first-order valence-corrected chi connectivity index (χ1v) is 9.86. The van der Waals surface area contributed by atoms with Crippen molar-refractivity contribution in [2.24, 2.45) is 10.9 Å². The van der Waals surface area contributed by atoms with Crippen molar-refractivity contribution in [2.45, 2.75) is 33.1 Å². The molecule has 0 spiro atoms. The largest absolute Gasteiger partial charge is 0.463 e. The Kier molecular flexibility index (Phi) is 6.91. The predicted octanol–water partition coefficient (Wildman–Crippen LogP) is 3.34. The maximum absolute atomic E-state index is 13.0. The van der Waals surface area contributed by atoms with Crippen molar-refractivity contribution in [3.63, 3.8) is 0 Å². The number of carbonyl (C=O) groups is 1. The molecule has 2 unspecified atom stereocenters. The van der Waals surface area contributed by atoms with E-state index in [9.17, 15) is 14.9 Å². The minimum Gasteiger partial charge on any atom is -0.463 e. The number of esters is 1. The van der Waals surface area contributed by atoms with E-state index in [1.807, 2.05) is 6.92 Å². The van der Waals surface area contributed by atoms with Gasteiger partial charge in [-0.2, -0.15) is 0 Å². The van der Waals surface area contributed by atoms with Crippen LogP contribution in [0.25, 0.3) is 5.57 Å². The number of non-ortho nitro benzene ring substituents is 1. The fourth-order valence-corrected chi connectivity index (χ4v) is 3.63. The van der Waals surface area contributed by atoms with E-state index < -0.39 is 22.7 Å². The predicted molar refractivity (Wildman–Crippen MR) is 112 cm³/mol. The number of aromatic nitrogens is 2. The van der Waals surface area contributed by atoms with Crippen LogP contribution in [0, 0.1) is 16.0 Å². The third kappa shape index (κ3) is 4.69. The minimum absolute atomic E-state index is 0.0825. The summed E-state index contributed by atoms with van der Waals surface area (Å²) in [6.45, 7) is 5.74. The van der Waals surface area contributed by atoms with Crippen LogP contribution < -0.4 is 0 Å². The number of aryl methyl sites for hydroxylation is 1. The van der Waals surface area contributed by atoms with Crippen molar-refractivity contribution in [3.8, 4) is 0 Å². The lowest BCUT2D eigenvalue weighted by Crippen LogP contribution is -2.34. The van der Waals surface area contributed by atoms with Gasteiger partial charge in [0.25, 0.3) is 5.69 Å². The second-order valence-electron chi connectivity index (χ2n) is 7.07. The van der Waals surface area contributed by atoms with E-state index in [-0.39, 0.29) is 24.8 Å². The summed E-state index contributed by atoms with van der Waals surface area (Å²) >= 11 is 0. The molecule has 3 rings (SSSR count). The minimum atomic E-state index is -0.811. The van der Waals surface area contributed by atoms with E-state index >= 15 is 0 Å². The highest BCUT2D eigenvalue weighted by Gasteiger charge is 2.42. The zero-order valence-electron chi connectivity index (χ0n) is 17.8. The molecule has 1 aromatic carbocycles. The number of rotatable bonds is 8. The first kappa shape index (κ1) is 22.3. The molecule has 0 N–H and O–H groups in total. The Labute approximate surface area is 179 Å². The summed E-state index contributed by atoms with van der Waals surface area (Å²) < 4.78 is 16.1. The Morgan fingerprint density at radius 3 is 2.68 bits per heavy atom. The number of nitrogens with zero attached hydrogens (tertiary/aromatic N) is 4. The summed E-state index contributed by atoms with van der Waals surface area (Å²) in [5.74, 6) is -1.28. The standard InChI is InChI=1S/C21H24N4O6/c1-5-16-23-24-20(31-16)17-12(2)22-13(3)18(21(26)30-10-9-29-4)19(17)14-7-6-8-15(11-14)25(27)28/h6-8,11,18-19H,5,9-10H2,1-4H3. The first-order valence-electron chi connectivity index (χ1n) is 9.86. The number of ether oxygens (including phenoxy) is 2. The highest BCUT2D eigenvalue weighted by atomic mass is 16.6. The van der Waals surface area contributed by atoms with E-state index in [2.05, 4.69) is 15.2 Å². The Bertz CT molecular complexity index is 1040. The molecule has 2 aromatic rings. The van der Waals surface area contributed by atoms with Crippen molar-refractivity contribution in [1.29, 1.82) is 0 Å². The zero-order chi connectivity index (χ0) is 22.5. The molecule has 0 saturated heterocycles. The normalized spacial score (nSPS) is 18.6. The average Bonchev–Trinajstić information content (AvgIpc) is 3.22. The van der Waals surface area contributed by atoms with Crippen molar-refractivity contribution >= 4 is 22.9 Å². The molecule has 2 atom stereocenters. The van der Waals surface area contributed by atoms with Crippen molar-refractivity contribution < 1.29 is 23.6 Å². The van der Waals surface area contributed by atoms with Gasteiger partial charge in [0.2, 0.25) is 11.8 Å². The number of allylic oxidation sites excluding steroid dienone is 2. The monoisotopic (exact) mass is 428 g/mol. The van der Waals surface area contributed by atoms with Crippen molar-refractivity contribution in [2.75, 3.05) is 20.3 Å². The Morgan fingerprint density at radius 1 is 1.26 bits per heavy atom. The fraction of sp³-hybridized carbons (Fsp3) is 0.429. The molecule has 164 valence electrons. The number of benzene rings is 1. The molecule has 0 fully saturated rings. The van der Waals surface area contributed by atoms with Crippen LogP contribution in [0.2, 0.25) is 0 Å². The van der Waals surface area contributed by atoms with E-state index in [0.717, 1.165) is 0 Å². The van der Waals surface area contributed by atoms with Gasteiger partial charge in [0.05, 0.1) is 11.5 Å². The Morgan fingerprint density at radius 2 is 2.03 bits per heavy atom. The van der Waals surface area contributed by atoms with E-state index in [1.165, 1.54) is 19.2 Å². The second-order valence-corrected chi connectivity index (χ2v) is 7.07. The number of nitro benzene ring substituents is 1. The summed E-state index contributed by atoms with van der Waals surface area (Å²) in [6.07, 6.45) is 0.547. The molecule has 10 heteroatoms. The highest BCUT2D eigenvalue weighted by molar-refractivity contribution is 6.06. The number of nitro groups is 1. The van der Waals surface area contributed by atoms with Gasteiger partial charge >= 0.3 is 5.97 Å². The van der Waals surface area contributed by atoms with Crippen LogP contribution in [0.1, 0.15) is 44.0 Å². The van der Waals surface area contributed by atoms with Gasteiger partial charge < -0.3 is 13.9 Å². The molecule has 0 radical (unpaired) electrons. The van der Waals surface area contributed by atoms with Gasteiger partial charge in [-0.3, -0.25) is 19.9 Å². The maximum atomic E-state index is 13.0. The third-order valence-corrected chi connectivity index (χ3v) is 5.05. The topological polar surface area (TPSA) is 130 Å². The summed E-state index contributed by atoms with van der Waals surface area (Å²) in [7, 11) is 1.51. The lowest BCUT2D eigenvalue weighted by Gasteiger charge is -2.31. The van der Waals surface area contributed by atoms with Crippen LogP contribution in [0.3, 0.4) is 0 Å². The molecule has 2 heterocycles. The maximum Gasteiger partial charge on any atom is 0.315 e. The van der Waals surface area contributed by atoms with Gasteiger partial charge in [0.15, 0.2) is 0 Å². The van der Waals surface area contributed by atoms with Gasteiger partial charge in [-0.1, -0.05) is 19.1 Å². The highest BCUT2D eigenvalue weighted by Crippen LogP contribution is 2.44. The van der Waals surface area contributed by atoms with Crippen LogP contribution in [0.4, 0.5) is 5.69 Å². The summed E-state index contributed by atoms with van der Waals surface area (Å²) in [4.78, 5) is 28.5. The van der Waals surface area contributed by atoms with E-state index in [4.69, 9.17) is 13.9 Å². The van der Waals surface area contributed by atoms with Gasteiger partial charge in [0.1, 0.15) is 12.5 Å². The van der Waals surface area contributed by atoms with E-state index in [1.54, 1.807) is 26.0 Å². The lowest BCUT2D eigenvalue weighted by atomic mass is 9.75. The van der Waals surface area contributed by atoms with Crippen LogP contribution in [0.5, 0.6) is 0 Å². The lowest BCUT2D eigenvalue weighted by molar-refractivity contribution is -0.384. The summed E-state index contributed by atoms with van der Waals surface area (Å²) in [6, 6.07) is 6.16. The molecular weight excluding hydrogens is 404 g/mol. The van der Waals surface area contributed by atoms with Crippen LogP contribution >= 0.6 is 0 Å². The molecule has 31 heavy (non-hydrogen) atoms. The summed E-state index contributed by atoms with van der Waals surface area (Å²) in [5.41, 5.74) is 2.16. The molecule has 1 aromatic heterocycles. The molecular formula is C21H24N4O6. The number of carbonyl (C=O) groups excluding carboxylic acids is 1. The second kappa shape index (κ2) is 9.61. The fourth-order valence-electron chi connectivity index (χ4n) is 3.63. The summed E-state index contributed by atoms with van der Waals surface area (Å²) in [5, 5.41) is 19.5. The quantitative estimate of drug-likeness (QED) is 0.271. The van der Waals surface area contributed by atoms with Crippen LogP contribution in [0.15, 0.2) is 39.4 Å². The molecule has 0 saturated carbocycles. The van der Waals surface area contributed by atoms with Crippen molar-refractivity contribution in [1.82, 2.24) is 10.2 Å². The van der Waals surface area contributed by atoms with Gasteiger partial charge in [-0.05, 0) is 19.4 Å². The molecule has 1 aliphatic rings. The van der Waals surface area contributed by atoms with Gasteiger partial charge in [-0.25, -0.2) is 0 Å². The van der Waals surface area contributed by atoms with Crippen molar-refractivity contribution in [3.05, 3.63) is 57.4 Å². The molecule has 1 aliphatic heterocycles. The zero-order valence-corrected chi connectivity index (χ0v) is 17.8. The Balaban J connectivity index is 2.14. The van der Waals surface area contributed by atoms with Crippen LogP contribution in [-0.4, -0.2) is 47.1 Å². The Hall–Kier alpha value is -3.40. The molecule has 0 aliphatic carbocycles. The smallest absolute Gasteiger partial charge is 0.315 e. The number of hydrogen-bond acceptors (Lipinski definition) is 9.